The van der Waals surface area contributed by atoms with E-state index in [-0.39, 0.29) is 6.61 Å². The first kappa shape index (κ1) is 12.9. The molecule has 0 saturated heterocycles. The number of nitrogens with one attached hydrogen (secondary N) is 1. The molecular formula is C12H26N2O. The lowest BCUT2D eigenvalue weighted by Crippen LogP contribution is -2.42. The molecular weight excluding hydrogens is 188 g/mol. The zero-order valence-corrected chi connectivity index (χ0v) is 9.75. The zero-order valence-electron chi connectivity index (χ0n) is 9.75. The van der Waals surface area contributed by atoms with Crippen molar-refractivity contribution in [1.82, 2.24) is 5.32 Å². The van der Waals surface area contributed by atoms with Gasteiger partial charge in [0.15, 0.2) is 0 Å². The van der Waals surface area contributed by atoms with E-state index in [1.165, 1.54) is 38.5 Å². The molecule has 15 heavy (non-hydrogen) atoms. The van der Waals surface area contributed by atoms with Crippen LogP contribution in [0.1, 0.15) is 44.9 Å². The molecule has 0 bridgehead atoms. The maximum absolute atomic E-state index is 8.74. The molecule has 0 aromatic carbocycles. The molecule has 0 aliphatic heterocycles. The fraction of sp³-hybridized carbons (Fsp3) is 1.00. The van der Waals surface area contributed by atoms with E-state index < -0.39 is 0 Å². The van der Waals surface area contributed by atoms with Gasteiger partial charge in [-0.2, -0.15) is 0 Å². The van der Waals surface area contributed by atoms with Crippen molar-refractivity contribution < 1.29 is 5.11 Å². The Labute approximate surface area is 93.4 Å². The lowest BCUT2D eigenvalue weighted by atomic mass is 9.92. The highest BCUT2D eigenvalue weighted by molar-refractivity contribution is 4.79. The maximum Gasteiger partial charge on any atom is 0.0443 e. The number of aliphatic hydroxyl groups excluding tert-OH is 1. The number of hydrogen-bond acceptors (Lipinski definition) is 3. The van der Waals surface area contributed by atoms with Crippen molar-refractivity contribution in [3.05, 3.63) is 0 Å². The molecule has 0 amide bonds. The summed E-state index contributed by atoms with van der Waals surface area (Å²) in [5, 5.41) is 12.2. The Morgan fingerprint density at radius 3 is 2.40 bits per heavy atom. The Morgan fingerprint density at radius 2 is 1.87 bits per heavy atom. The van der Waals surface area contributed by atoms with Crippen molar-refractivity contribution in [1.29, 1.82) is 0 Å². The first-order valence-corrected chi connectivity index (χ1v) is 6.42. The van der Waals surface area contributed by atoms with Crippen LogP contribution in [0.25, 0.3) is 0 Å². The third-order valence-corrected chi connectivity index (χ3v) is 3.46. The minimum absolute atomic E-state index is 0.273. The van der Waals surface area contributed by atoms with Crippen LogP contribution >= 0.6 is 0 Å². The van der Waals surface area contributed by atoms with Crippen LogP contribution < -0.4 is 11.1 Å². The highest BCUT2D eigenvalue weighted by Gasteiger charge is 2.20. The van der Waals surface area contributed by atoms with Crippen molar-refractivity contribution in [3.8, 4) is 0 Å². The van der Waals surface area contributed by atoms with Gasteiger partial charge in [-0.3, -0.25) is 0 Å². The monoisotopic (exact) mass is 214 g/mol. The van der Waals surface area contributed by atoms with Gasteiger partial charge in [-0.25, -0.2) is 0 Å². The predicted octanol–water partition coefficient (Wildman–Crippen LogP) is 1.26. The SMILES string of the molecule is NCC(NCCCO)C1CCCCCC1. The standard InChI is InChI=1S/C12H26N2O/c13-10-12(14-8-5-9-15)11-6-3-1-2-4-7-11/h11-12,14-15H,1-10,13H2. The van der Waals surface area contributed by atoms with Crippen molar-refractivity contribution in [3.63, 3.8) is 0 Å². The van der Waals surface area contributed by atoms with Crippen LogP contribution in [-0.2, 0) is 0 Å². The summed E-state index contributed by atoms with van der Waals surface area (Å²) in [5.41, 5.74) is 5.81. The second-order valence-electron chi connectivity index (χ2n) is 4.63. The van der Waals surface area contributed by atoms with Crippen LogP contribution in [-0.4, -0.2) is 30.8 Å². The van der Waals surface area contributed by atoms with Gasteiger partial charge in [-0.1, -0.05) is 25.7 Å². The van der Waals surface area contributed by atoms with Crippen molar-refractivity contribution in [2.24, 2.45) is 11.7 Å². The molecule has 3 heteroatoms. The normalized spacial score (nSPS) is 21.2. The molecule has 0 aromatic rings. The molecule has 1 atom stereocenters. The average Bonchev–Trinajstić information content (AvgIpc) is 2.53. The van der Waals surface area contributed by atoms with E-state index in [4.69, 9.17) is 10.8 Å². The molecule has 1 rings (SSSR count). The molecule has 0 heterocycles. The number of rotatable bonds is 6. The Hall–Kier alpha value is -0.120. The van der Waals surface area contributed by atoms with E-state index in [1.54, 1.807) is 0 Å². The minimum atomic E-state index is 0.273. The second-order valence-corrected chi connectivity index (χ2v) is 4.63. The van der Waals surface area contributed by atoms with Crippen LogP contribution in [0.2, 0.25) is 0 Å². The van der Waals surface area contributed by atoms with E-state index in [9.17, 15) is 0 Å². The van der Waals surface area contributed by atoms with Crippen LogP contribution in [0.15, 0.2) is 0 Å². The number of aliphatic hydroxyl groups is 1. The molecule has 1 aliphatic carbocycles. The van der Waals surface area contributed by atoms with Crippen LogP contribution in [0.4, 0.5) is 0 Å². The minimum Gasteiger partial charge on any atom is -0.396 e. The van der Waals surface area contributed by atoms with Gasteiger partial charge in [0.2, 0.25) is 0 Å². The fourth-order valence-corrected chi connectivity index (χ4v) is 2.52. The van der Waals surface area contributed by atoms with Crippen LogP contribution in [0.3, 0.4) is 0 Å². The molecule has 4 N–H and O–H groups in total. The first-order chi connectivity index (χ1) is 7.38. The van der Waals surface area contributed by atoms with Gasteiger partial charge >= 0.3 is 0 Å². The topological polar surface area (TPSA) is 58.3 Å². The van der Waals surface area contributed by atoms with Gasteiger partial charge in [-0.05, 0) is 31.7 Å². The van der Waals surface area contributed by atoms with Crippen LogP contribution in [0.5, 0.6) is 0 Å². The van der Waals surface area contributed by atoms with E-state index in [1.807, 2.05) is 0 Å². The molecule has 1 fully saturated rings. The summed E-state index contributed by atoms with van der Waals surface area (Å²) in [6.45, 7) is 1.90. The molecule has 90 valence electrons. The molecule has 1 saturated carbocycles. The summed E-state index contributed by atoms with van der Waals surface area (Å²) in [5.74, 6) is 0.760. The van der Waals surface area contributed by atoms with Gasteiger partial charge in [-0.15, -0.1) is 0 Å². The smallest absolute Gasteiger partial charge is 0.0443 e. The zero-order chi connectivity index (χ0) is 10.9. The predicted molar refractivity (Wildman–Crippen MR) is 63.7 cm³/mol. The highest BCUT2D eigenvalue weighted by Crippen LogP contribution is 2.25. The van der Waals surface area contributed by atoms with Crippen LogP contribution in [0, 0.1) is 5.92 Å². The summed E-state index contributed by atoms with van der Waals surface area (Å²) in [6, 6.07) is 0.467. The average molecular weight is 214 g/mol. The Morgan fingerprint density at radius 1 is 1.20 bits per heavy atom. The molecule has 1 unspecified atom stereocenters. The lowest BCUT2D eigenvalue weighted by Gasteiger charge is -2.26. The fourth-order valence-electron chi connectivity index (χ4n) is 2.52. The summed E-state index contributed by atoms with van der Waals surface area (Å²) in [6.07, 6.45) is 9.01. The summed E-state index contributed by atoms with van der Waals surface area (Å²) in [7, 11) is 0. The molecule has 0 aromatic heterocycles. The Bertz CT molecular complexity index is 145. The van der Waals surface area contributed by atoms with Crippen molar-refractivity contribution in [2.45, 2.75) is 51.0 Å². The van der Waals surface area contributed by atoms with Gasteiger partial charge < -0.3 is 16.2 Å². The Balaban J connectivity index is 2.27. The van der Waals surface area contributed by atoms with Gasteiger partial charge in [0.1, 0.15) is 0 Å². The third-order valence-electron chi connectivity index (χ3n) is 3.46. The summed E-state index contributed by atoms with van der Waals surface area (Å²) in [4.78, 5) is 0. The van der Waals surface area contributed by atoms with Gasteiger partial charge in [0.05, 0.1) is 0 Å². The lowest BCUT2D eigenvalue weighted by molar-refractivity contribution is 0.270. The van der Waals surface area contributed by atoms with E-state index in [0.29, 0.717) is 6.04 Å². The van der Waals surface area contributed by atoms with Gasteiger partial charge in [0, 0.05) is 19.2 Å². The maximum atomic E-state index is 8.74. The van der Waals surface area contributed by atoms with Crippen molar-refractivity contribution in [2.75, 3.05) is 19.7 Å². The molecule has 1 aliphatic rings. The molecule has 0 radical (unpaired) electrons. The van der Waals surface area contributed by atoms with E-state index in [0.717, 1.165) is 25.4 Å². The first-order valence-electron chi connectivity index (χ1n) is 6.42. The number of nitrogens with two attached hydrogens (primary N) is 1. The molecule has 3 nitrogen and oxygen atoms in total. The largest absolute Gasteiger partial charge is 0.396 e. The quantitative estimate of drug-likeness (QED) is 0.461. The third kappa shape index (κ3) is 4.96. The molecule has 0 spiro atoms. The van der Waals surface area contributed by atoms with Crippen molar-refractivity contribution >= 4 is 0 Å². The van der Waals surface area contributed by atoms with E-state index >= 15 is 0 Å². The van der Waals surface area contributed by atoms with E-state index in [2.05, 4.69) is 5.32 Å². The second kappa shape index (κ2) is 8.08. The van der Waals surface area contributed by atoms with Gasteiger partial charge in [0.25, 0.3) is 0 Å². The number of hydrogen-bond donors (Lipinski definition) is 3. The highest BCUT2D eigenvalue weighted by atomic mass is 16.3. The Kier molecular flexibility index (Phi) is 6.98. The summed E-state index contributed by atoms with van der Waals surface area (Å²) < 4.78 is 0. The summed E-state index contributed by atoms with van der Waals surface area (Å²) >= 11 is 0.